The van der Waals surface area contributed by atoms with Gasteiger partial charge < -0.3 is 14.6 Å². The molecule has 0 aromatic carbocycles. The molecule has 4 aliphatic rings. The molecular weight excluding hydrogens is 312 g/mol. The van der Waals surface area contributed by atoms with E-state index >= 15 is 0 Å². The lowest BCUT2D eigenvalue weighted by Gasteiger charge is -2.62. The quantitative estimate of drug-likeness (QED) is 0.777. The van der Waals surface area contributed by atoms with Crippen LogP contribution in [0.3, 0.4) is 0 Å². The summed E-state index contributed by atoms with van der Waals surface area (Å²) in [4.78, 5) is 11.6. The Morgan fingerprint density at radius 2 is 1.84 bits per heavy atom. The predicted octanol–water partition coefficient (Wildman–Crippen LogP) is 4.22. The van der Waals surface area contributed by atoms with Crippen molar-refractivity contribution in [2.75, 3.05) is 13.7 Å². The molecule has 4 aliphatic carbocycles. The monoisotopic (exact) mass is 348 g/mol. The Morgan fingerprint density at radius 3 is 2.56 bits per heavy atom. The minimum absolute atomic E-state index is 0.240. The molecule has 4 rings (SSSR count). The maximum atomic E-state index is 11.6. The molecule has 0 aromatic rings. The van der Waals surface area contributed by atoms with Crippen molar-refractivity contribution in [1.82, 2.24) is 0 Å². The molecule has 0 spiro atoms. The number of ether oxygens (including phenoxy) is 1. The molecule has 0 unspecified atom stereocenters. The lowest BCUT2D eigenvalue weighted by Crippen LogP contribution is -2.58. The number of aldehydes is 1. The van der Waals surface area contributed by atoms with E-state index in [1.807, 2.05) is 14.0 Å². The Bertz CT molecular complexity index is 529. The van der Waals surface area contributed by atoms with Crippen LogP contribution in [0.1, 0.15) is 71.6 Å². The summed E-state index contributed by atoms with van der Waals surface area (Å²) in [6, 6.07) is 0. The first-order chi connectivity index (χ1) is 11.9. The smallest absolute Gasteiger partial charge is 0.123 e. The number of carbonyl (C=O) groups is 1. The van der Waals surface area contributed by atoms with E-state index in [4.69, 9.17) is 4.74 Å². The number of hydrogen-bond acceptors (Lipinski definition) is 3. The van der Waals surface area contributed by atoms with E-state index in [9.17, 15) is 9.90 Å². The molecule has 4 fully saturated rings. The third-order valence-corrected chi connectivity index (χ3v) is 9.30. The highest BCUT2D eigenvalue weighted by Crippen LogP contribution is 2.67. The first-order valence-electron chi connectivity index (χ1n) is 10.5. The molecule has 3 nitrogen and oxygen atoms in total. The van der Waals surface area contributed by atoms with Gasteiger partial charge in [0.2, 0.25) is 0 Å². The fourth-order valence-electron chi connectivity index (χ4n) is 8.05. The lowest BCUT2D eigenvalue weighted by molar-refractivity contribution is -0.174. The molecule has 0 heterocycles. The Balaban J connectivity index is 1.65. The number of hydrogen-bond donors (Lipinski definition) is 1. The van der Waals surface area contributed by atoms with Gasteiger partial charge in [0.1, 0.15) is 6.29 Å². The normalized spacial score (nSPS) is 55.1. The summed E-state index contributed by atoms with van der Waals surface area (Å²) in [7, 11) is 1.85. The molecule has 8 atom stereocenters. The molecule has 0 radical (unpaired) electrons. The summed E-state index contributed by atoms with van der Waals surface area (Å²) in [6.45, 7) is 5.29. The number of carbonyl (C=O) groups excluding carboxylic acids is 1. The van der Waals surface area contributed by atoms with Gasteiger partial charge in [0.15, 0.2) is 0 Å². The first-order valence-corrected chi connectivity index (χ1v) is 10.5. The molecule has 0 bridgehead atoms. The van der Waals surface area contributed by atoms with Crippen molar-refractivity contribution in [2.45, 2.75) is 77.2 Å². The van der Waals surface area contributed by atoms with Gasteiger partial charge in [0, 0.05) is 13.0 Å². The number of aliphatic hydroxyl groups is 1. The Morgan fingerprint density at radius 1 is 1.04 bits per heavy atom. The fourth-order valence-corrected chi connectivity index (χ4v) is 8.05. The summed E-state index contributed by atoms with van der Waals surface area (Å²) in [5, 5.41) is 10.7. The highest BCUT2D eigenvalue weighted by molar-refractivity contribution is 5.56. The number of methoxy groups -OCH3 is 1. The van der Waals surface area contributed by atoms with Crippen LogP contribution in [0, 0.1) is 40.4 Å². The maximum absolute atomic E-state index is 11.6. The van der Waals surface area contributed by atoms with Gasteiger partial charge in [-0.3, -0.25) is 0 Å². The van der Waals surface area contributed by atoms with E-state index in [1.54, 1.807) is 0 Å². The van der Waals surface area contributed by atoms with E-state index in [-0.39, 0.29) is 16.7 Å². The second-order valence-corrected chi connectivity index (χ2v) is 10.4. The van der Waals surface area contributed by atoms with Crippen LogP contribution >= 0.6 is 0 Å². The summed E-state index contributed by atoms with van der Waals surface area (Å²) in [5.74, 6) is 3.09. The van der Waals surface area contributed by atoms with E-state index in [2.05, 4.69) is 6.92 Å². The molecule has 1 N–H and O–H groups in total. The second-order valence-electron chi connectivity index (χ2n) is 10.4. The molecule has 0 amide bonds. The average molecular weight is 349 g/mol. The minimum atomic E-state index is -0.492. The van der Waals surface area contributed by atoms with Crippen molar-refractivity contribution >= 4 is 6.29 Å². The third kappa shape index (κ3) is 2.56. The molecule has 0 aliphatic heterocycles. The Labute approximate surface area is 152 Å². The van der Waals surface area contributed by atoms with E-state index in [1.165, 1.54) is 38.4 Å². The van der Waals surface area contributed by atoms with Gasteiger partial charge in [-0.25, -0.2) is 0 Å². The van der Waals surface area contributed by atoms with Gasteiger partial charge in [-0.1, -0.05) is 6.92 Å². The predicted molar refractivity (Wildman–Crippen MR) is 98.1 cm³/mol. The lowest BCUT2D eigenvalue weighted by atomic mass is 9.43. The van der Waals surface area contributed by atoms with Gasteiger partial charge in [-0.15, -0.1) is 0 Å². The van der Waals surface area contributed by atoms with E-state index < -0.39 is 5.60 Å². The van der Waals surface area contributed by atoms with Crippen molar-refractivity contribution < 1.29 is 14.6 Å². The first kappa shape index (κ1) is 18.0. The molecular formula is C22H36O3. The van der Waals surface area contributed by atoms with Crippen LogP contribution in [0.4, 0.5) is 0 Å². The van der Waals surface area contributed by atoms with E-state index in [0.29, 0.717) is 5.92 Å². The second kappa shape index (κ2) is 6.05. The van der Waals surface area contributed by atoms with Gasteiger partial charge in [-0.2, -0.15) is 0 Å². The van der Waals surface area contributed by atoms with E-state index in [0.717, 1.165) is 50.0 Å². The van der Waals surface area contributed by atoms with Gasteiger partial charge in [0.25, 0.3) is 0 Å². The van der Waals surface area contributed by atoms with Crippen LogP contribution in [-0.2, 0) is 9.53 Å². The van der Waals surface area contributed by atoms with Crippen molar-refractivity contribution in [3.05, 3.63) is 0 Å². The number of rotatable bonds is 3. The van der Waals surface area contributed by atoms with Gasteiger partial charge in [-0.05, 0) is 99.2 Å². The molecule has 0 aromatic heterocycles. The third-order valence-electron chi connectivity index (χ3n) is 9.30. The highest BCUT2D eigenvalue weighted by Gasteiger charge is 2.62. The number of fused-ring (bicyclic) bond motifs is 5. The van der Waals surface area contributed by atoms with Crippen LogP contribution in [0.2, 0.25) is 0 Å². The standard InChI is InChI=1S/C22H36O3/c1-20(24)10-11-22(14-25-3)15(12-20)4-6-17-18-7-5-16(13-23)21(18,2)9-8-19(17)22/h13,15-19,24H,4-12,14H2,1-3H3/t15-,16-,17+,18+,19+,20-,21-,22-/m1/s1. The zero-order valence-electron chi connectivity index (χ0n) is 16.3. The van der Waals surface area contributed by atoms with Crippen molar-refractivity contribution in [1.29, 1.82) is 0 Å². The molecule has 142 valence electrons. The topological polar surface area (TPSA) is 46.5 Å². The van der Waals surface area contributed by atoms with Gasteiger partial charge >= 0.3 is 0 Å². The molecule has 25 heavy (non-hydrogen) atoms. The zero-order chi connectivity index (χ0) is 17.9. The maximum Gasteiger partial charge on any atom is 0.123 e. The summed E-state index contributed by atoms with van der Waals surface area (Å²) in [5.41, 5.74) is 0.0125. The summed E-state index contributed by atoms with van der Waals surface area (Å²) < 4.78 is 5.80. The molecule has 0 saturated heterocycles. The molecule has 3 heteroatoms. The largest absolute Gasteiger partial charge is 0.390 e. The van der Waals surface area contributed by atoms with Crippen molar-refractivity contribution in [2.24, 2.45) is 40.4 Å². The average Bonchev–Trinajstić information content (AvgIpc) is 2.91. The van der Waals surface area contributed by atoms with Crippen LogP contribution in [0.15, 0.2) is 0 Å². The van der Waals surface area contributed by atoms with Crippen LogP contribution in [0.25, 0.3) is 0 Å². The summed E-state index contributed by atoms with van der Waals surface area (Å²) in [6.07, 6.45) is 11.6. The zero-order valence-corrected chi connectivity index (χ0v) is 16.3. The van der Waals surface area contributed by atoms with Crippen LogP contribution in [0.5, 0.6) is 0 Å². The minimum Gasteiger partial charge on any atom is -0.390 e. The Hall–Kier alpha value is -0.410. The molecule has 4 saturated carbocycles. The SMILES string of the molecule is COC[C@]12CC[C@@](C)(O)C[C@H]1CC[C@H]1[C@@H]3CC[C@H](C=O)[C@@]3(C)CC[C@@H]12. The highest BCUT2D eigenvalue weighted by atomic mass is 16.5. The van der Waals surface area contributed by atoms with Crippen LogP contribution < -0.4 is 0 Å². The summed E-state index contributed by atoms with van der Waals surface area (Å²) >= 11 is 0. The van der Waals surface area contributed by atoms with Gasteiger partial charge in [0.05, 0.1) is 12.2 Å². The fraction of sp³-hybridized carbons (Fsp3) is 0.955. The van der Waals surface area contributed by atoms with Crippen molar-refractivity contribution in [3.63, 3.8) is 0 Å². The van der Waals surface area contributed by atoms with Crippen LogP contribution in [-0.4, -0.2) is 30.7 Å². The Kier molecular flexibility index (Phi) is 4.35. The van der Waals surface area contributed by atoms with Crippen molar-refractivity contribution in [3.8, 4) is 0 Å².